The predicted molar refractivity (Wildman–Crippen MR) is 130 cm³/mol. The Labute approximate surface area is 195 Å². The average molecular weight is 525 g/mol. The first-order valence-electron chi connectivity index (χ1n) is 10.3. The number of nitrogens with zero attached hydrogens (tertiary/aromatic N) is 2. The van der Waals surface area contributed by atoms with Crippen molar-refractivity contribution in [3.8, 4) is 0 Å². The van der Waals surface area contributed by atoms with Crippen molar-refractivity contribution in [3.05, 3.63) is 52.5 Å². The molecule has 0 saturated carbocycles. The average Bonchev–Trinajstić information content (AvgIpc) is 3.15. The molecule has 166 valence electrons. The van der Waals surface area contributed by atoms with E-state index in [1.54, 1.807) is 40.7 Å². The number of aromatic nitrogens is 1. The Kier molecular flexibility index (Phi) is 8.21. The van der Waals surface area contributed by atoms with Crippen LogP contribution in [0.25, 0.3) is 10.2 Å². The lowest BCUT2D eigenvalue weighted by Gasteiger charge is -2.21. The van der Waals surface area contributed by atoms with Gasteiger partial charge in [0.05, 0.1) is 20.7 Å². The number of anilines is 1. The van der Waals surface area contributed by atoms with Gasteiger partial charge in [-0.15, -0.1) is 0 Å². The van der Waals surface area contributed by atoms with Crippen LogP contribution in [0.1, 0.15) is 49.9 Å². The lowest BCUT2D eigenvalue weighted by atomic mass is 10.2. The highest BCUT2D eigenvalue weighted by Crippen LogP contribution is 2.30. The molecule has 0 aliphatic heterocycles. The van der Waals surface area contributed by atoms with Gasteiger partial charge in [0.15, 0.2) is 5.13 Å². The largest absolute Gasteiger partial charge is 0.298 e. The minimum Gasteiger partial charge on any atom is -0.298 e. The highest BCUT2D eigenvalue weighted by molar-refractivity contribution is 9.10. The van der Waals surface area contributed by atoms with Gasteiger partial charge in [-0.2, -0.15) is 4.31 Å². The quantitative estimate of drug-likeness (QED) is 0.358. The number of halogens is 1. The van der Waals surface area contributed by atoms with E-state index < -0.39 is 10.0 Å². The number of benzene rings is 2. The molecule has 0 fully saturated rings. The summed E-state index contributed by atoms with van der Waals surface area (Å²) in [5.74, 6) is -0.273. The van der Waals surface area contributed by atoms with Crippen molar-refractivity contribution < 1.29 is 13.2 Å². The van der Waals surface area contributed by atoms with Gasteiger partial charge < -0.3 is 0 Å². The summed E-state index contributed by atoms with van der Waals surface area (Å²) in [6.45, 7) is 5.15. The van der Waals surface area contributed by atoms with Crippen LogP contribution in [0, 0.1) is 0 Å². The Hall–Kier alpha value is -1.81. The van der Waals surface area contributed by atoms with Crippen molar-refractivity contribution in [1.82, 2.24) is 9.29 Å². The maximum absolute atomic E-state index is 13.2. The van der Waals surface area contributed by atoms with Crippen LogP contribution in [-0.2, 0) is 10.0 Å². The van der Waals surface area contributed by atoms with Crippen LogP contribution >= 0.6 is 27.3 Å². The summed E-state index contributed by atoms with van der Waals surface area (Å²) in [5, 5.41) is 3.23. The van der Waals surface area contributed by atoms with Gasteiger partial charge >= 0.3 is 0 Å². The fourth-order valence-corrected chi connectivity index (χ4v) is 6.08. The highest BCUT2D eigenvalue weighted by atomic mass is 79.9. The summed E-state index contributed by atoms with van der Waals surface area (Å²) in [6.07, 6.45) is 3.53. The number of sulfonamides is 1. The molecule has 0 unspecified atom stereocenters. The summed E-state index contributed by atoms with van der Waals surface area (Å²) in [6, 6.07) is 12.1. The number of carbonyl (C=O) groups is 1. The second kappa shape index (κ2) is 10.7. The van der Waals surface area contributed by atoms with E-state index in [0.29, 0.717) is 33.8 Å². The van der Waals surface area contributed by atoms with Gasteiger partial charge in [-0.3, -0.25) is 10.1 Å². The van der Waals surface area contributed by atoms with E-state index in [9.17, 15) is 13.2 Å². The molecule has 0 bridgehead atoms. The number of nitrogens with one attached hydrogen (secondary N) is 1. The molecule has 6 nitrogen and oxygen atoms in total. The van der Waals surface area contributed by atoms with Gasteiger partial charge in [0.2, 0.25) is 10.0 Å². The van der Waals surface area contributed by atoms with E-state index >= 15 is 0 Å². The van der Waals surface area contributed by atoms with Crippen LogP contribution in [0.15, 0.2) is 51.8 Å². The second-order valence-electron chi connectivity index (χ2n) is 7.19. The van der Waals surface area contributed by atoms with Crippen molar-refractivity contribution in [2.75, 3.05) is 18.4 Å². The third-order valence-corrected chi connectivity index (χ3v) is 8.38. The number of thiazole rings is 1. The molecule has 0 aliphatic rings. The zero-order chi connectivity index (χ0) is 22.4. The van der Waals surface area contributed by atoms with E-state index in [1.165, 1.54) is 11.3 Å². The number of hydrogen-bond acceptors (Lipinski definition) is 5. The lowest BCUT2D eigenvalue weighted by Crippen LogP contribution is -2.33. The molecule has 0 spiro atoms. The van der Waals surface area contributed by atoms with Crippen molar-refractivity contribution in [2.45, 2.75) is 44.4 Å². The minimum absolute atomic E-state index is 0.263. The van der Waals surface area contributed by atoms with Gasteiger partial charge in [0.25, 0.3) is 5.91 Å². The maximum Gasteiger partial charge on any atom is 0.258 e. The Morgan fingerprint density at radius 1 is 1.10 bits per heavy atom. The Balaban J connectivity index is 1.85. The first-order valence-corrected chi connectivity index (χ1v) is 13.4. The maximum atomic E-state index is 13.2. The molecule has 0 aliphatic carbocycles. The van der Waals surface area contributed by atoms with Crippen molar-refractivity contribution in [2.24, 2.45) is 0 Å². The number of hydrogen-bond donors (Lipinski definition) is 1. The van der Waals surface area contributed by atoms with Crippen LogP contribution < -0.4 is 5.32 Å². The molecule has 0 radical (unpaired) electrons. The molecule has 2 aromatic carbocycles. The summed E-state index contributed by atoms with van der Waals surface area (Å²) in [4.78, 5) is 17.3. The monoisotopic (exact) mass is 523 g/mol. The molecule has 1 N–H and O–H groups in total. The SMILES string of the molecule is CCCCN(CCCC)S(=O)(=O)c1ccc2nc(NC(=O)c3ccccc3Br)sc2c1. The predicted octanol–water partition coefficient (Wildman–Crippen LogP) is 5.90. The lowest BCUT2D eigenvalue weighted by molar-refractivity contribution is 0.102. The molecule has 9 heteroatoms. The van der Waals surface area contributed by atoms with E-state index in [1.807, 2.05) is 6.07 Å². The number of unbranched alkanes of at least 4 members (excludes halogenated alkanes) is 2. The Morgan fingerprint density at radius 3 is 2.42 bits per heavy atom. The minimum atomic E-state index is -3.58. The first kappa shape index (κ1) is 23.8. The molecule has 3 rings (SSSR count). The normalized spacial score (nSPS) is 11.9. The summed E-state index contributed by atoms with van der Waals surface area (Å²) in [7, 11) is -3.58. The third kappa shape index (κ3) is 5.71. The van der Waals surface area contributed by atoms with Gasteiger partial charge in [-0.05, 0) is 59.1 Å². The van der Waals surface area contributed by atoms with Crippen molar-refractivity contribution >= 4 is 58.5 Å². The molecule has 31 heavy (non-hydrogen) atoms. The summed E-state index contributed by atoms with van der Waals surface area (Å²) >= 11 is 4.64. The molecular formula is C22H26BrN3O3S2. The Morgan fingerprint density at radius 2 is 1.77 bits per heavy atom. The molecule has 1 amide bonds. The second-order valence-corrected chi connectivity index (χ2v) is 11.0. The van der Waals surface area contributed by atoms with E-state index in [4.69, 9.17) is 0 Å². The number of amides is 1. The fraction of sp³-hybridized carbons (Fsp3) is 0.364. The molecule has 0 atom stereocenters. The van der Waals surface area contributed by atoms with Crippen LogP contribution in [0.4, 0.5) is 5.13 Å². The van der Waals surface area contributed by atoms with Crippen LogP contribution in [0.2, 0.25) is 0 Å². The van der Waals surface area contributed by atoms with E-state index in [0.717, 1.165) is 30.4 Å². The standard InChI is InChI=1S/C22H26BrN3O3S2/c1-3-5-13-26(14-6-4-2)31(28,29)16-11-12-19-20(15-16)30-22(24-19)25-21(27)17-9-7-8-10-18(17)23/h7-12,15H,3-6,13-14H2,1-2H3,(H,24,25,27). The van der Waals surface area contributed by atoms with E-state index in [-0.39, 0.29) is 10.8 Å². The van der Waals surface area contributed by atoms with Gasteiger partial charge in [0, 0.05) is 17.6 Å². The number of rotatable bonds is 10. The smallest absolute Gasteiger partial charge is 0.258 e. The first-order chi connectivity index (χ1) is 14.9. The topological polar surface area (TPSA) is 79.4 Å². The number of carbonyl (C=O) groups excluding carboxylic acids is 1. The third-order valence-electron chi connectivity index (χ3n) is 4.86. The zero-order valence-corrected chi connectivity index (χ0v) is 20.8. The molecule has 1 heterocycles. The van der Waals surface area contributed by atoms with Gasteiger partial charge in [0.1, 0.15) is 0 Å². The van der Waals surface area contributed by atoms with Crippen molar-refractivity contribution in [1.29, 1.82) is 0 Å². The summed E-state index contributed by atoms with van der Waals surface area (Å²) < 4.78 is 29.5. The summed E-state index contributed by atoms with van der Waals surface area (Å²) in [5.41, 5.74) is 1.16. The Bertz CT molecular complexity index is 1150. The fourth-order valence-electron chi connectivity index (χ4n) is 3.10. The van der Waals surface area contributed by atoms with E-state index in [2.05, 4.69) is 40.1 Å². The molecular weight excluding hydrogens is 498 g/mol. The van der Waals surface area contributed by atoms with Crippen molar-refractivity contribution in [3.63, 3.8) is 0 Å². The molecule has 1 aromatic heterocycles. The van der Waals surface area contributed by atoms with Crippen LogP contribution in [0.5, 0.6) is 0 Å². The highest BCUT2D eigenvalue weighted by Gasteiger charge is 2.24. The van der Waals surface area contributed by atoms with Crippen LogP contribution in [0.3, 0.4) is 0 Å². The molecule has 0 saturated heterocycles. The van der Waals surface area contributed by atoms with Gasteiger partial charge in [-0.25, -0.2) is 13.4 Å². The molecule has 3 aromatic rings. The van der Waals surface area contributed by atoms with Gasteiger partial charge in [-0.1, -0.05) is 50.2 Å². The zero-order valence-electron chi connectivity index (χ0n) is 17.6. The van der Waals surface area contributed by atoms with Crippen LogP contribution in [-0.4, -0.2) is 36.7 Å². The number of fused-ring (bicyclic) bond motifs is 1.